The monoisotopic (exact) mass is 528 g/mol. The van der Waals surface area contributed by atoms with Gasteiger partial charge >= 0.3 is 23.9 Å². The average Bonchev–Trinajstić information content (AvgIpc) is 2.88. The van der Waals surface area contributed by atoms with Crippen molar-refractivity contribution in [3.63, 3.8) is 0 Å². The Kier molecular flexibility index (Phi) is 22.8. The van der Waals surface area contributed by atoms with Crippen molar-refractivity contribution < 1.29 is 38.1 Å². The Bertz CT molecular complexity index is 567. The molecule has 0 aromatic rings. The molecule has 0 amide bonds. The van der Waals surface area contributed by atoms with Gasteiger partial charge < -0.3 is 18.9 Å². The fourth-order valence-electron chi connectivity index (χ4n) is 3.45. The zero-order valence-corrected chi connectivity index (χ0v) is 23.9. The lowest BCUT2D eigenvalue weighted by molar-refractivity contribution is -0.153. The minimum atomic E-state index is -0.346. The highest BCUT2D eigenvalue weighted by Gasteiger charge is 2.12. The molecule has 0 saturated heterocycles. The van der Waals surface area contributed by atoms with E-state index in [1.807, 2.05) is 27.7 Å². The lowest BCUT2D eigenvalue weighted by Crippen LogP contribution is -2.15. The van der Waals surface area contributed by atoms with E-state index in [1.165, 1.54) is 32.1 Å². The third kappa shape index (κ3) is 24.0. The normalized spacial score (nSPS) is 12.4. The topological polar surface area (TPSA) is 105 Å². The van der Waals surface area contributed by atoms with Crippen LogP contribution < -0.4 is 0 Å². The van der Waals surface area contributed by atoms with Crippen LogP contribution in [0.3, 0.4) is 0 Å². The van der Waals surface area contributed by atoms with E-state index in [1.54, 1.807) is 0 Å². The minimum absolute atomic E-state index is 0.0781. The van der Waals surface area contributed by atoms with Crippen LogP contribution in [0.2, 0.25) is 0 Å². The Morgan fingerprint density at radius 1 is 0.459 bits per heavy atom. The summed E-state index contributed by atoms with van der Waals surface area (Å²) in [5.74, 6) is -1.36. The fraction of sp³-hybridized carbons (Fsp3) is 0.862. The average molecular weight is 529 g/mol. The molecule has 8 nitrogen and oxygen atoms in total. The Morgan fingerprint density at radius 2 is 0.730 bits per heavy atom. The Labute approximate surface area is 224 Å². The smallest absolute Gasteiger partial charge is 0.306 e. The Morgan fingerprint density at radius 3 is 1.03 bits per heavy atom. The predicted molar refractivity (Wildman–Crippen MR) is 143 cm³/mol. The molecule has 0 saturated carbocycles. The molecule has 0 spiro atoms. The van der Waals surface area contributed by atoms with Crippen LogP contribution in [0.4, 0.5) is 0 Å². The first-order chi connectivity index (χ1) is 17.8. The summed E-state index contributed by atoms with van der Waals surface area (Å²) >= 11 is 0. The van der Waals surface area contributed by atoms with E-state index in [0.717, 1.165) is 51.4 Å². The van der Waals surface area contributed by atoms with E-state index in [2.05, 4.69) is 0 Å². The molecule has 0 heterocycles. The number of carbonyl (C=O) groups is 4. The molecule has 0 aliphatic rings. The van der Waals surface area contributed by atoms with Gasteiger partial charge in [0.2, 0.25) is 0 Å². The van der Waals surface area contributed by atoms with Gasteiger partial charge in [0.05, 0.1) is 51.1 Å². The summed E-state index contributed by atoms with van der Waals surface area (Å²) in [6.45, 7) is 8.39. The van der Waals surface area contributed by atoms with E-state index in [-0.39, 0.29) is 61.8 Å². The molecule has 0 fully saturated rings. The lowest BCUT2D eigenvalue weighted by Gasteiger charge is -2.10. The zero-order chi connectivity index (χ0) is 27.7. The summed E-state index contributed by atoms with van der Waals surface area (Å²) in [6.07, 6.45) is 13.7. The number of rotatable bonds is 24. The minimum Gasteiger partial charge on any atom is -0.466 e. The van der Waals surface area contributed by atoms with Crippen molar-refractivity contribution in [1.29, 1.82) is 0 Å². The Balaban J connectivity index is 3.37. The van der Waals surface area contributed by atoms with Crippen molar-refractivity contribution in [2.75, 3.05) is 13.2 Å². The molecule has 0 aliphatic carbocycles. The van der Waals surface area contributed by atoms with Crippen LogP contribution in [0.25, 0.3) is 0 Å². The third-order valence-corrected chi connectivity index (χ3v) is 6.20. The Hall–Kier alpha value is -2.12. The second-order valence-electron chi connectivity index (χ2n) is 9.75. The molecular weight excluding hydrogens is 476 g/mol. The number of carbonyl (C=O) groups excluding carboxylic acids is 4. The number of ether oxygens (including phenoxy) is 4. The summed E-state index contributed by atoms with van der Waals surface area (Å²) in [5.41, 5.74) is 0. The fourth-order valence-corrected chi connectivity index (χ4v) is 3.45. The van der Waals surface area contributed by atoms with E-state index >= 15 is 0 Å². The molecule has 2 atom stereocenters. The molecule has 0 bridgehead atoms. The number of hydrogen-bond acceptors (Lipinski definition) is 8. The van der Waals surface area contributed by atoms with Crippen LogP contribution in [-0.2, 0) is 38.1 Å². The quantitative estimate of drug-likeness (QED) is 0.0783. The van der Waals surface area contributed by atoms with E-state index in [4.69, 9.17) is 18.9 Å². The van der Waals surface area contributed by atoms with Crippen LogP contribution in [0.1, 0.15) is 137 Å². The van der Waals surface area contributed by atoms with Crippen molar-refractivity contribution in [2.24, 2.45) is 0 Å². The predicted octanol–water partition coefficient (Wildman–Crippen LogP) is 6.61. The molecule has 0 aliphatic heterocycles. The molecule has 0 N–H and O–H groups in total. The van der Waals surface area contributed by atoms with Crippen molar-refractivity contribution in [3.05, 3.63) is 0 Å². The second kappa shape index (κ2) is 24.2. The summed E-state index contributed by atoms with van der Waals surface area (Å²) in [4.78, 5) is 46.4. The molecule has 0 aromatic heterocycles. The van der Waals surface area contributed by atoms with Gasteiger partial charge in [-0.1, -0.05) is 71.6 Å². The first-order valence-corrected chi connectivity index (χ1v) is 14.5. The molecule has 216 valence electrons. The zero-order valence-electron chi connectivity index (χ0n) is 23.9. The van der Waals surface area contributed by atoms with Gasteiger partial charge in [-0.3, -0.25) is 19.2 Å². The van der Waals surface area contributed by atoms with Gasteiger partial charge in [-0.2, -0.15) is 0 Å². The highest BCUT2D eigenvalue weighted by atomic mass is 16.6. The molecule has 37 heavy (non-hydrogen) atoms. The van der Waals surface area contributed by atoms with Crippen LogP contribution in [0.5, 0.6) is 0 Å². The summed E-state index contributed by atoms with van der Waals surface area (Å²) < 4.78 is 20.6. The lowest BCUT2D eigenvalue weighted by atomic mass is 10.1. The number of esters is 4. The number of hydrogen-bond donors (Lipinski definition) is 0. The molecule has 0 aromatic carbocycles. The van der Waals surface area contributed by atoms with Gasteiger partial charge in [0.1, 0.15) is 0 Å². The summed E-state index contributed by atoms with van der Waals surface area (Å²) in [5, 5.41) is 0. The van der Waals surface area contributed by atoms with Gasteiger partial charge in [-0.05, 0) is 39.5 Å². The maximum absolute atomic E-state index is 11.7. The van der Waals surface area contributed by atoms with Gasteiger partial charge in [0.25, 0.3) is 0 Å². The van der Waals surface area contributed by atoms with E-state index in [9.17, 15) is 19.2 Å². The maximum atomic E-state index is 11.7. The van der Waals surface area contributed by atoms with Crippen molar-refractivity contribution >= 4 is 23.9 Å². The standard InChI is InChI=1S/C29H52O8/c1-5-24(3)36-28(32)20-18-26(30)34-22-16-14-12-10-8-7-9-11-13-15-17-23-35-27(31)19-21-29(33)37-25(4)6-2/h24-25H,5-23H2,1-4H3. The van der Waals surface area contributed by atoms with Gasteiger partial charge in [0, 0.05) is 0 Å². The molecular formula is C29H52O8. The largest absolute Gasteiger partial charge is 0.466 e. The van der Waals surface area contributed by atoms with Crippen LogP contribution in [-0.4, -0.2) is 49.3 Å². The molecule has 8 heteroatoms. The summed E-state index contributed by atoms with van der Waals surface area (Å²) in [7, 11) is 0. The van der Waals surface area contributed by atoms with Crippen LogP contribution in [0, 0.1) is 0 Å². The van der Waals surface area contributed by atoms with Crippen LogP contribution >= 0.6 is 0 Å². The van der Waals surface area contributed by atoms with Crippen LogP contribution in [0.15, 0.2) is 0 Å². The highest BCUT2D eigenvalue weighted by Crippen LogP contribution is 2.12. The first-order valence-electron chi connectivity index (χ1n) is 14.5. The molecule has 0 radical (unpaired) electrons. The van der Waals surface area contributed by atoms with Gasteiger partial charge in [0.15, 0.2) is 0 Å². The number of unbranched alkanes of at least 4 members (excludes halogenated alkanes) is 10. The van der Waals surface area contributed by atoms with Crippen molar-refractivity contribution in [2.45, 2.75) is 149 Å². The SMILES string of the molecule is CCC(C)OC(=O)CCC(=O)OCCCCCCCCCCCCCOC(=O)CCC(=O)OC(C)CC. The molecule has 2 unspecified atom stereocenters. The van der Waals surface area contributed by atoms with Gasteiger partial charge in [-0.15, -0.1) is 0 Å². The van der Waals surface area contributed by atoms with Crippen molar-refractivity contribution in [1.82, 2.24) is 0 Å². The molecule has 0 rings (SSSR count). The highest BCUT2D eigenvalue weighted by molar-refractivity contribution is 5.78. The summed E-state index contributed by atoms with van der Waals surface area (Å²) in [6, 6.07) is 0. The van der Waals surface area contributed by atoms with Crippen molar-refractivity contribution in [3.8, 4) is 0 Å². The van der Waals surface area contributed by atoms with E-state index < -0.39 is 0 Å². The van der Waals surface area contributed by atoms with E-state index in [0.29, 0.717) is 13.2 Å². The second-order valence-corrected chi connectivity index (χ2v) is 9.75. The third-order valence-electron chi connectivity index (χ3n) is 6.20. The van der Waals surface area contributed by atoms with Gasteiger partial charge in [-0.25, -0.2) is 0 Å². The first kappa shape index (κ1) is 34.9. The maximum Gasteiger partial charge on any atom is 0.306 e.